The summed E-state index contributed by atoms with van der Waals surface area (Å²) in [5, 5.41) is 17.6. The van der Waals surface area contributed by atoms with Gasteiger partial charge in [0.25, 0.3) is 5.69 Å². The van der Waals surface area contributed by atoms with E-state index in [2.05, 4.69) is 10.4 Å². The Morgan fingerprint density at radius 3 is 2.50 bits per heavy atom. The predicted octanol–water partition coefficient (Wildman–Crippen LogP) is -1.26. The topological polar surface area (TPSA) is 118 Å². The zero-order valence-electron chi connectivity index (χ0n) is 12.6. The van der Waals surface area contributed by atoms with Gasteiger partial charge in [-0.1, -0.05) is 0 Å². The van der Waals surface area contributed by atoms with Gasteiger partial charge >= 0.3 is 35.6 Å². The Labute approximate surface area is 157 Å². The molecule has 0 unspecified atom stereocenters. The Bertz CT molecular complexity index is 815. The maximum absolute atomic E-state index is 11.3. The molecule has 1 aliphatic heterocycles. The number of nitro groups is 1. The fourth-order valence-corrected chi connectivity index (χ4v) is 1.98. The van der Waals surface area contributed by atoms with E-state index in [4.69, 9.17) is 4.42 Å². The number of hydrogen-bond acceptors (Lipinski definition) is 6. The number of carbonyl (C=O) groups excluding carboxylic acids is 2. The van der Waals surface area contributed by atoms with Crippen LogP contribution in [0, 0.1) is 10.1 Å². The van der Waals surface area contributed by atoms with E-state index < -0.39 is 16.9 Å². The second-order valence-electron chi connectivity index (χ2n) is 4.66. The van der Waals surface area contributed by atoms with Crippen LogP contribution < -0.4 is 34.9 Å². The number of urea groups is 1. The fraction of sp³-hybridized carbons (Fsp3) is 0.0714. The van der Waals surface area contributed by atoms with Crippen molar-refractivity contribution in [3.05, 3.63) is 52.3 Å². The van der Waals surface area contributed by atoms with Crippen molar-refractivity contribution in [2.24, 2.45) is 5.10 Å². The largest absolute Gasteiger partial charge is 1.00 e. The number of hydrazone groups is 1. The van der Waals surface area contributed by atoms with Gasteiger partial charge in [-0.2, -0.15) is 5.10 Å². The van der Waals surface area contributed by atoms with Crippen molar-refractivity contribution in [2.45, 2.75) is 0 Å². The van der Waals surface area contributed by atoms with E-state index in [0.29, 0.717) is 17.1 Å². The summed E-state index contributed by atoms with van der Waals surface area (Å²) in [6.45, 7) is -0.134. The predicted molar refractivity (Wildman–Crippen MR) is 78.6 cm³/mol. The molecule has 1 N–H and O–H groups in total. The molecule has 9 nitrogen and oxygen atoms in total. The first kappa shape index (κ1) is 17.9. The number of furan rings is 1. The molecule has 0 radical (unpaired) electrons. The summed E-state index contributed by atoms with van der Waals surface area (Å²) < 4.78 is 5.53. The molecule has 0 aliphatic carbocycles. The van der Waals surface area contributed by atoms with E-state index >= 15 is 0 Å². The van der Waals surface area contributed by atoms with Crippen molar-refractivity contribution >= 4 is 23.8 Å². The Morgan fingerprint density at radius 1 is 1.21 bits per heavy atom. The van der Waals surface area contributed by atoms with Crippen LogP contribution in [0.5, 0.6) is 0 Å². The van der Waals surface area contributed by atoms with Gasteiger partial charge < -0.3 is 4.42 Å². The molecule has 0 atom stereocenters. The number of amides is 3. The van der Waals surface area contributed by atoms with E-state index in [1.54, 1.807) is 24.3 Å². The standard InChI is InChI=1S/C14H10N4O5.Na/c19-13-8-17(14(20)16-13)15-7-11-5-6-12(23-11)9-1-3-10(4-2-9)18(21)22;/h1-7H,8H2,(H,16,19,20);/q;+1/b15-7-;. The summed E-state index contributed by atoms with van der Waals surface area (Å²) in [6, 6.07) is 8.63. The minimum absolute atomic E-state index is 0. The van der Waals surface area contributed by atoms with Crippen LogP contribution in [-0.4, -0.2) is 34.6 Å². The second kappa shape index (κ2) is 7.39. The molecule has 1 saturated heterocycles. The Hall–Kier alpha value is -2.49. The van der Waals surface area contributed by atoms with Crippen molar-refractivity contribution < 1.29 is 48.5 Å². The number of nitro benzene ring substituents is 1. The fourth-order valence-electron chi connectivity index (χ4n) is 1.98. The molecule has 2 aromatic rings. The molecular formula is C14H10N4NaO5+. The third-order valence-electron chi connectivity index (χ3n) is 3.09. The van der Waals surface area contributed by atoms with Crippen LogP contribution in [0.25, 0.3) is 11.3 Å². The maximum Gasteiger partial charge on any atom is 1.00 e. The van der Waals surface area contributed by atoms with Gasteiger partial charge in [0.15, 0.2) is 0 Å². The average molecular weight is 337 g/mol. The summed E-state index contributed by atoms with van der Waals surface area (Å²) in [7, 11) is 0. The number of rotatable bonds is 4. The molecule has 0 bridgehead atoms. The van der Waals surface area contributed by atoms with E-state index in [0.717, 1.165) is 5.01 Å². The second-order valence-corrected chi connectivity index (χ2v) is 4.66. The molecular weight excluding hydrogens is 327 g/mol. The van der Waals surface area contributed by atoms with Gasteiger partial charge in [-0.15, -0.1) is 0 Å². The smallest absolute Gasteiger partial charge is 0.455 e. The number of hydrogen-bond donors (Lipinski definition) is 1. The molecule has 1 aromatic carbocycles. The summed E-state index contributed by atoms with van der Waals surface area (Å²) in [5.41, 5.74) is 0.663. The van der Waals surface area contributed by atoms with Gasteiger partial charge in [-0.25, -0.2) is 9.80 Å². The number of benzene rings is 1. The molecule has 1 fully saturated rings. The van der Waals surface area contributed by atoms with Gasteiger partial charge in [0.2, 0.25) is 5.91 Å². The van der Waals surface area contributed by atoms with Crippen LogP contribution in [0.15, 0.2) is 45.9 Å². The van der Waals surface area contributed by atoms with Crippen LogP contribution in [0.1, 0.15) is 5.76 Å². The first-order valence-corrected chi connectivity index (χ1v) is 6.53. The van der Waals surface area contributed by atoms with Crippen molar-refractivity contribution in [3.8, 4) is 11.3 Å². The maximum atomic E-state index is 11.3. The van der Waals surface area contributed by atoms with E-state index in [1.165, 1.54) is 18.3 Å². The minimum atomic E-state index is -0.589. The summed E-state index contributed by atoms with van der Waals surface area (Å²) >= 11 is 0. The van der Waals surface area contributed by atoms with Gasteiger partial charge in [0.05, 0.1) is 11.1 Å². The Balaban J connectivity index is 0.00000208. The van der Waals surface area contributed by atoms with Crippen LogP contribution in [0.2, 0.25) is 0 Å². The zero-order chi connectivity index (χ0) is 16.4. The molecule has 0 saturated carbocycles. The molecule has 1 aromatic heterocycles. The summed E-state index contributed by atoms with van der Waals surface area (Å²) in [6.07, 6.45) is 1.31. The molecule has 3 rings (SSSR count). The first-order chi connectivity index (χ1) is 11.0. The van der Waals surface area contributed by atoms with Crippen molar-refractivity contribution in [1.82, 2.24) is 10.3 Å². The average Bonchev–Trinajstić information content (AvgIpc) is 3.11. The van der Waals surface area contributed by atoms with Gasteiger partial charge in [0, 0.05) is 17.7 Å². The van der Waals surface area contributed by atoms with Crippen LogP contribution in [0.4, 0.5) is 10.5 Å². The number of nitrogens with zero attached hydrogens (tertiary/aromatic N) is 3. The third-order valence-corrected chi connectivity index (χ3v) is 3.09. The number of non-ortho nitro benzene ring substituents is 1. The van der Waals surface area contributed by atoms with E-state index in [-0.39, 0.29) is 41.8 Å². The molecule has 2 heterocycles. The monoisotopic (exact) mass is 337 g/mol. The van der Waals surface area contributed by atoms with Gasteiger partial charge in [-0.3, -0.25) is 20.2 Å². The van der Waals surface area contributed by atoms with Crippen molar-refractivity contribution in [1.29, 1.82) is 0 Å². The number of imide groups is 1. The Morgan fingerprint density at radius 2 is 1.92 bits per heavy atom. The molecule has 1 aliphatic rings. The van der Waals surface area contributed by atoms with E-state index in [1.807, 2.05) is 0 Å². The SMILES string of the molecule is O=C1CN(/N=C\c2ccc(-c3ccc([N+](=O)[O-])cc3)o2)C(=O)N1.[Na+]. The number of carbonyl (C=O) groups is 2. The van der Waals surface area contributed by atoms with E-state index in [9.17, 15) is 19.7 Å². The summed E-state index contributed by atoms with van der Waals surface area (Å²) in [4.78, 5) is 32.5. The number of nitrogens with one attached hydrogen (secondary N) is 1. The molecule has 10 heteroatoms. The third kappa shape index (κ3) is 3.88. The quantitative estimate of drug-likeness (QED) is 0.246. The molecule has 3 amide bonds. The van der Waals surface area contributed by atoms with Gasteiger partial charge in [-0.05, 0) is 24.3 Å². The van der Waals surface area contributed by atoms with Crippen LogP contribution in [0.3, 0.4) is 0 Å². The molecule has 116 valence electrons. The van der Waals surface area contributed by atoms with Crippen LogP contribution in [-0.2, 0) is 4.79 Å². The molecule has 24 heavy (non-hydrogen) atoms. The van der Waals surface area contributed by atoms with Crippen LogP contribution >= 0.6 is 0 Å². The van der Waals surface area contributed by atoms with Crippen molar-refractivity contribution in [3.63, 3.8) is 0 Å². The zero-order valence-corrected chi connectivity index (χ0v) is 14.6. The van der Waals surface area contributed by atoms with Gasteiger partial charge in [0.1, 0.15) is 18.1 Å². The Kier molecular flexibility index (Phi) is 5.50. The first-order valence-electron chi connectivity index (χ1n) is 6.53. The summed E-state index contributed by atoms with van der Waals surface area (Å²) in [5.74, 6) is 0.465. The van der Waals surface area contributed by atoms with Crippen molar-refractivity contribution in [2.75, 3.05) is 6.54 Å². The minimum Gasteiger partial charge on any atom is -0.455 e. The normalized spacial score (nSPS) is 13.9. The molecule has 0 spiro atoms.